The molecule has 0 bridgehead atoms. The van der Waals surface area contributed by atoms with Gasteiger partial charge in [-0.2, -0.15) is 5.10 Å². The Labute approximate surface area is 157 Å². The first kappa shape index (κ1) is 18.7. The van der Waals surface area contributed by atoms with Gasteiger partial charge in [0.25, 0.3) is 11.6 Å². The normalized spacial score (nSPS) is 16.6. The summed E-state index contributed by atoms with van der Waals surface area (Å²) in [6.07, 6.45) is 1.66. The van der Waals surface area contributed by atoms with Gasteiger partial charge in [-0.3, -0.25) is 14.9 Å². The Morgan fingerprint density at radius 3 is 2.56 bits per heavy atom. The summed E-state index contributed by atoms with van der Waals surface area (Å²) in [7, 11) is 0. The number of nitro groups is 1. The van der Waals surface area contributed by atoms with Crippen molar-refractivity contribution in [3.63, 3.8) is 0 Å². The zero-order chi connectivity index (χ0) is 19.2. The lowest BCUT2D eigenvalue weighted by Crippen LogP contribution is -3.11. The molecule has 2 aromatic rings. The molecule has 140 valence electrons. The molecule has 1 amide bonds. The predicted octanol–water partition coefficient (Wildman–Crippen LogP) is 1.87. The number of quaternary nitrogens is 1. The molecule has 0 aliphatic carbocycles. The zero-order valence-corrected chi connectivity index (χ0v) is 15.3. The van der Waals surface area contributed by atoms with Gasteiger partial charge < -0.3 is 4.90 Å². The van der Waals surface area contributed by atoms with Crippen molar-refractivity contribution >= 4 is 17.3 Å². The van der Waals surface area contributed by atoms with Crippen molar-refractivity contribution in [1.82, 2.24) is 5.43 Å². The van der Waals surface area contributed by atoms with Crippen molar-refractivity contribution in [3.8, 4) is 0 Å². The van der Waals surface area contributed by atoms with Crippen molar-refractivity contribution in [2.24, 2.45) is 5.10 Å². The van der Waals surface area contributed by atoms with Gasteiger partial charge in [0.05, 0.1) is 18.0 Å². The summed E-state index contributed by atoms with van der Waals surface area (Å²) in [6, 6.07) is 14.8. The maximum Gasteiger partial charge on any atom is 0.273 e. The molecular formula is C20H23N4O3+. The lowest BCUT2D eigenvalue weighted by Gasteiger charge is -2.24. The van der Waals surface area contributed by atoms with Crippen molar-refractivity contribution in [2.45, 2.75) is 26.3 Å². The number of nitrogens with one attached hydrogen (secondary N) is 2. The molecule has 2 N–H and O–H groups in total. The molecule has 0 unspecified atom stereocenters. The number of hydrogen-bond acceptors (Lipinski definition) is 4. The maximum absolute atomic E-state index is 12.2. The molecule has 0 aromatic heterocycles. The number of hydrogen-bond donors (Lipinski definition) is 2. The number of nitro benzene ring substituents is 1. The molecule has 2 aromatic carbocycles. The predicted molar refractivity (Wildman–Crippen MR) is 103 cm³/mol. The summed E-state index contributed by atoms with van der Waals surface area (Å²) in [5.41, 5.74) is 5.52. The Morgan fingerprint density at radius 1 is 1.19 bits per heavy atom. The van der Waals surface area contributed by atoms with Crippen LogP contribution in [-0.2, 0) is 6.54 Å². The number of amides is 1. The smallest absolute Gasteiger partial charge is 0.273 e. The first-order valence-corrected chi connectivity index (χ1v) is 9.01. The molecule has 0 spiro atoms. The number of benzene rings is 2. The van der Waals surface area contributed by atoms with Crippen molar-refractivity contribution in [3.05, 3.63) is 75.3 Å². The van der Waals surface area contributed by atoms with Crippen molar-refractivity contribution in [2.75, 3.05) is 13.1 Å². The van der Waals surface area contributed by atoms with E-state index in [1.807, 2.05) is 6.07 Å². The van der Waals surface area contributed by atoms with E-state index in [-0.39, 0.29) is 11.3 Å². The fraction of sp³-hybridized carbons (Fsp3) is 0.300. The highest BCUT2D eigenvalue weighted by Crippen LogP contribution is 2.19. The minimum Gasteiger partial charge on any atom is -0.331 e. The van der Waals surface area contributed by atoms with Crippen LogP contribution in [0.4, 0.5) is 5.69 Å². The van der Waals surface area contributed by atoms with E-state index in [2.05, 4.69) is 34.8 Å². The van der Waals surface area contributed by atoms with Gasteiger partial charge in [-0.25, -0.2) is 5.43 Å². The number of hydrazone groups is 1. The molecule has 1 saturated heterocycles. The average molecular weight is 367 g/mol. The van der Waals surface area contributed by atoms with Crippen LogP contribution in [0.5, 0.6) is 0 Å². The lowest BCUT2D eigenvalue weighted by atomic mass is 10.1. The van der Waals surface area contributed by atoms with E-state index in [4.69, 9.17) is 0 Å². The van der Waals surface area contributed by atoms with Crippen LogP contribution in [0.1, 0.15) is 34.3 Å². The van der Waals surface area contributed by atoms with Gasteiger partial charge in [0, 0.05) is 41.3 Å². The van der Waals surface area contributed by atoms with E-state index in [0.29, 0.717) is 5.56 Å². The largest absolute Gasteiger partial charge is 0.331 e. The zero-order valence-electron chi connectivity index (χ0n) is 15.3. The summed E-state index contributed by atoms with van der Waals surface area (Å²) in [4.78, 5) is 24.3. The van der Waals surface area contributed by atoms with E-state index >= 15 is 0 Å². The molecule has 3 rings (SSSR count). The van der Waals surface area contributed by atoms with Crippen LogP contribution < -0.4 is 10.3 Å². The Bertz CT molecular complexity index is 855. The first-order chi connectivity index (χ1) is 13.0. The second-order valence-electron chi connectivity index (χ2n) is 6.79. The number of piperidine rings is 1. The summed E-state index contributed by atoms with van der Waals surface area (Å²) < 4.78 is 0. The number of aryl methyl sites for hydroxylation is 1. The number of rotatable bonds is 5. The molecule has 0 atom stereocenters. The highest BCUT2D eigenvalue weighted by Gasteiger charge is 2.19. The molecule has 0 saturated carbocycles. The van der Waals surface area contributed by atoms with Crippen LogP contribution in [0, 0.1) is 17.0 Å². The molecular weight excluding hydrogens is 344 g/mol. The Kier molecular flexibility index (Phi) is 5.93. The minimum absolute atomic E-state index is 0.0619. The molecule has 7 nitrogen and oxygen atoms in total. The number of likely N-dealkylation sites (tertiary alicyclic amines) is 1. The molecule has 7 heteroatoms. The highest BCUT2D eigenvalue weighted by molar-refractivity contribution is 5.96. The maximum atomic E-state index is 12.2. The minimum atomic E-state index is -0.483. The average Bonchev–Trinajstić information content (AvgIpc) is 2.68. The number of carbonyl (C=O) groups is 1. The Hall–Kier alpha value is -3.06. The van der Waals surface area contributed by atoms with E-state index in [1.165, 1.54) is 16.5 Å². The number of nitrogens with zero attached hydrogens (tertiary/aromatic N) is 2. The van der Waals surface area contributed by atoms with Crippen LogP contribution in [0.3, 0.4) is 0 Å². The van der Waals surface area contributed by atoms with E-state index in [0.717, 1.165) is 38.2 Å². The second-order valence-corrected chi connectivity index (χ2v) is 6.79. The highest BCUT2D eigenvalue weighted by atomic mass is 16.6. The van der Waals surface area contributed by atoms with Gasteiger partial charge in [0.2, 0.25) is 0 Å². The van der Waals surface area contributed by atoms with Crippen molar-refractivity contribution < 1.29 is 14.6 Å². The third-order valence-electron chi connectivity index (χ3n) is 4.81. The fourth-order valence-electron chi connectivity index (χ4n) is 3.21. The van der Waals surface area contributed by atoms with Crippen molar-refractivity contribution in [1.29, 1.82) is 0 Å². The summed E-state index contributed by atoms with van der Waals surface area (Å²) in [5.74, 6) is -0.426. The quantitative estimate of drug-likeness (QED) is 0.624. The summed E-state index contributed by atoms with van der Waals surface area (Å²) >= 11 is 0. The van der Waals surface area contributed by atoms with Gasteiger partial charge in [-0.1, -0.05) is 36.4 Å². The fourth-order valence-corrected chi connectivity index (χ4v) is 3.21. The third-order valence-corrected chi connectivity index (χ3v) is 4.81. The van der Waals surface area contributed by atoms with Gasteiger partial charge >= 0.3 is 0 Å². The SMILES string of the molecule is Cc1ccc(C(=O)NN=C2CC[NH+](Cc3ccccc3)CC2)cc1[N+](=O)[O-]. The Balaban J connectivity index is 1.54. The molecule has 1 aliphatic rings. The molecule has 1 heterocycles. The monoisotopic (exact) mass is 367 g/mol. The first-order valence-electron chi connectivity index (χ1n) is 9.01. The van der Waals surface area contributed by atoms with Crippen LogP contribution >= 0.6 is 0 Å². The van der Waals surface area contributed by atoms with E-state index in [1.54, 1.807) is 19.1 Å². The lowest BCUT2D eigenvalue weighted by molar-refractivity contribution is -0.914. The topological polar surface area (TPSA) is 89.0 Å². The van der Waals surface area contributed by atoms with Crippen LogP contribution in [0.2, 0.25) is 0 Å². The van der Waals surface area contributed by atoms with Crippen LogP contribution in [0.25, 0.3) is 0 Å². The van der Waals surface area contributed by atoms with Gasteiger partial charge in [0.15, 0.2) is 0 Å². The van der Waals surface area contributed by atoms with Gasteiger partial charge in [0.1, 0.15) is 6.54 Å². The molecule has 27 heavy (non-hydrogen) atoms. The Morgan fingerprint density at radius 2 is 1.89 bits per heavy atom. The molecule has 0 radical (unpaired) electrons. The standard InChI is InChI=1S/C20H22N4O3/c1-15-7-8-17(13-19(15)24(26)27)20(25)22-21-18-9-11-23(12-10-18)14-16-5-3-2-4-6-16/h2-8,13H,9-12,14H2,1H3,(H,22,25)/p+1. The molecule has 1 aliphatic heterocycles. The summed E-state index contributed by atoms with van der Waals surface area (Å²) in [6.45, 7) is 4.58. The van der Waals surface area contributed by atoms with E-state index in [9.17, 15) is 14.9 Å². The molecule has 1 fully saturated rings. The summed E-state index contributed by atoms with van der Waals surface area (Å²) in [5, 5.41) is 15.2. The van der Waals surface area contributed by atoms with E-state index < -0.39 is 10.8 Å². The van der Waals surface area contributed by atoms with Gasteiger partial charge in [-0.15, -0.1) is 0 Å². The third kappa shape index (κ3) is 4.98. The van der Waals surface area contributed by atoms with Gasteiger partial charge in [-0.05, 0) is 13.0 Å². The number of carbonyl (C=O) groups excluding carboxylic acids is 1. The van der Waals surface area contributed by atoms with Crippen LogP contribution in [-0.4, -0.2) is 29.6 Å². The second kappa shape index (κ2) is 8.55. The van der Waals surface area contributed by atoms with Crippen LogP contribution in [0.15, 0.2) is 53.6 Å².